The average Bonchev–Trinajstić information content (AvgIpc) is 2.86. The van der Waals surface area contributed by atoms with Crippen molar-refractivity contribution < 1.29 is 9.50 Å². The van der Waals surface area contributed by atoms with Crippen molar-refractivity contribution in [1.29, 1.82) is 0 Å². The fraction of sp³-hybridized carbons (Fsp3) is 0.455. The summed E-state index contributed by atoms with van der Waals surface area (Å²) in [6.45, 7) is 2.70. The van der Waals surface area contributed by atoms with Crippen molar-refractivity contribution >= 4 is 0 Å². The van der Waals surface area contributed by atoms with Crippen LogP contribution < -0.4 is 5.32 Å². The van der Waals surface area contributed by atoms with E-state index in [4.69, 9.17) is 0 Å². The Morgan fingerprint density at radius 2 is 1.81 bits per heavy atom. The molecular weight excluding hydrogens is 327 g/mol. The second kappa shape index (κ2) is 7.77. The molecule has 0 radical (unpaired) electrons. The highest BCUT2D eigenvalue weighted by atomic mass is 19.1. The van der Waals surface area contributed by atoms with Crippen LogP contribution in [-0.2, 0) is 6.54 Å². The second-order valence-corrected chi connectivity index (χ2v) is 7.69. The molecule has 2 aliphatic rings. The van der Waals surface area contributed by atoms with Crippen molar-refractivity contribution in [2.45, 2.75) is 50.2 Å². The summed E-state index contributed by atoms with van der Waals surface area (Å²) in [5, 5.41) is 13.2. The van der Waals surface area contributed by atoms with Crippen LogP contribution in [0, 0.1) is 5.82 Å². The van der Waals surface area contributed by atoms with E-state index in [0.29, 0.717) is 30.3 Å². The summed E-state index contributed by atoms with van der Waals surface area (Å²) < 4.78 is 13.2. The molecule has 3 nitrogen and oxygen atoms in total. The quantitative estimate of drug-likeness (QED) is 0.769. The first-order valence-corrected chi connectivity index (χ1v) is 9.69. The lowest BCUT2D eigenvalue weighted by atomic mass is 9.85. The van der Waals surface area contributed by atoms with Gasteiger partial charge in [-0.2, -0.15) is 0 Å². The minimum Gasteiger partial charge on any atom is -0.508 e. The van der Waals surface area contributed by atoms with E-state index >= 15 is 0 Å². The van der Waals surface area contributed by atoms with Crippen molar-refractivity contribution in [2.24, 2.45) is 0 Å². The first kappa shape index (κ1) is 17.5. The van der Waals surface area contributed by atoms with E-state index in [0.717, 1.165) is 18.7 Å². The van der Waals surface area contributed by atoms with E-state index in [9.17, 15) is 9.50 Å². The fourth-order valence-corrected chi connectivity index (χ4v) is 4.78. The monoisotopic (exact) mass is 354 g/mol. The van der Waals surface area contributed by atoms with Gasteiger partial charge in [0.05, 0.1) is 0 Å². The minimum absolute atomic E-state index is 0.170. The highest BCUT2D eigenvalue weighted by molar-refractivity contribution is 5.30. The van der Waals surface area contributed by atoms with Crippen LogP contribution in [0.4, 0.5) is 4.39 Å². The number of piperidine rings is 1. The number of rotatable bonds is 6. The van der Waals surface area contributed by atoms with Gasteiger partial charge < -0.3 is 10.4 Å². The number of hydrogen-bond donors (Lipinski definition) is 2. The summed E-state index contributed by atoms with van der Waals surface area (Å²) >= 11 is 0. The molecule has 2 aliphatic heterocycles. The van der Waals surface area contributed by atoms with E-state index in [1.54, 1.807) is 18.2 Å². The molecule has 0 amide bonds. The van der Waals surface area contributed by atoms with Crippen LogP contribution in [0.1, 0.15) is 42.7 Å². The molecule has 4 heteroatoms. The lowest BCUT2D eigenvalue weighted by Crippen LogP contribution is -2.45. The lowest BCUT2D eigenvalue weighted by molar-refractivity contribution is 0.127. The van der Waals surface area contributed by atoms with Crippen molar-refractivity contribution in [3.8, 4) is 5.75 Å². The number of benzene rings is 2. The van der Waals surface area contributed by atoms with Gasteiger partial charge in [-0.25, -0.2) is 4.39 Å². The van der Waals surface area contributed by atoms with E-state index in [-0.39, 0.29) is 5.82 Å². The number of phenolic OH excluding ortho intramolecular Hbond substituents is 1. The van der Waals surface area contributed by atoms with Gasteiger partial charge in [-0.1, -0.05) is 24.3 Å². The van der Waals surface area contributed by atoms with Crippen LogP contribution in [-0.4, -0.2) is 35.2 Å². The summed E-state index contributed by atoms with van der Waals surface area (Å²) in [5.74, 6) is 0.770. The van der Waals surface area contributed by atoms with Crippen LogP contribution in [0.2, 0.25) is 0 Å². The number of halogens is 1. The Morgan fingerprint density at radius 1 is 1.04 bits per heavy atom. The van der Waals surface area contributed by atoms with Crippen molar-refractivity contribution in [1.82, 2.24) is 10.2 Å². The molecule has 0 spiro atoms. The van der Waals surface area contributed by atoms with Gasteiger partial charge in [-0.15, -0.1) is 0 Å². The molecule has 2 atom stereocenters. The second-order valence-electron chi connectivity index (χ2n) is 7.69. The standard InChI is InChI=1S/C22H27FN2O/c23-19-5-1-3-16(11-19)15-24-9-10-25-20-7-8-21(25)13-18(12-20)17-4-2-6-22(26)14-17/h1-6,11,14,18,20-21,24,26H,7-10,12-13,15H2. The SMILES string of the molecule is Oc1cccc(C2CC3CCC(C2)N3CCNCc2cccc(F)c2)c1. The molecule has 138 valence electrons. The zero-order valence-corrected chi connectivity index (χ0v) is 15.1. The topological polar surface area (TPSA) is 35.5 Å². The Hall–Kier alpha value is -1.91. The Labute approximate surface area is 154 Å². The van der Waals surface area contributed by atoms with Crippen molar-refractivity contribution in [3.05, 3.63) is 65.5 Å². The van der Waals surface area contributed by atoms with Crippen LogP contribution in [0.25, 0.3) is 0 Å². The number of nitrogens with zero attached hydrogens (tertiary/aromatic N) is 1. The fourth-order valence-electron chi connectivity index (χ4n) is 4.78. The summed E-state index contributed by atoms with van der Waals surface area (Å²) in [5.41, 5.74) is 2.28. The Kier molecular flexibility index (Phi) is 5.23. The van der Waals surface area contributed by atoms with Crippen molar-refractivity contribution in [3.63, 3.8) is 0 Å². The van der Waals surface area contributed by atoms with E-state index in [2.05, 4.69) is 16.3 Å². The third-order valence-corrected chi connectivity index (χ3v) is 5.99. The number of hydrogen-bond acceptors (Lipinski definition) is 3. The molecule has 2 heterocycles. The number of fused-ring (bicyclic) bond motifs is 2. The zero-order chi connectivity index (χ0) is 17.9. The first-order valence-electron chi connectivity index (χ1n) is 9.69. The molecule has 2 saturated heterocycles. The van der Waals surface area contributed by atoms with Crippen LogP contribution in [0.15, 0.2) is 48.5 Å². The summed E-state index contributed by atoms with van der Waals surface area (Å²) in [6, 6.07) is 15.9. The molecule has 0 aromatic heterocycles. The molecule has 2 fully saturated rings. The third kappa shape index (κ3) is 3.92. The molecule has 4 rings (SSSR count). The maximum Gasteiger partial charge on any atom is 0.123 e. The van der Waals surface area contributed by atoms with Gasteiger partial charge in [0, 0.05) is 31.7 Å². The first-order chi connectivity index (χ1) is 12.7. The number of phenols is 1. The molecule has 2 unspecified atom stereocenters. The summed E-state index contributed by atoms with van der Waals surface area (Å²) in [7, 11) is 0. The van der Waals surface area contributed by atoms with E-state index in [1.807, 2.05) is 18.2 Å². The number of aromatic hydroxyl groups is 1. The van der Waals surface area contributed by atoms with Gasteiger partial charge >= 0.3 is 0 Å². The van der Waals surface area contributed by atoms with Gasteiger partial charge in [-0.05, 0) is 67.0 Å². The van der Waals surface area contributed by atoms with Crippen LogP contribution in [0.3, 0.4) is 0 Å². The van der Waals surface area contributed by atoms with Gasteiger partial charge in [-0.3, -0.25) is 4.90 Å². The highest BCUT2D eigenvalue weighted by Gasteiger charge is 2.40. The van der Waals surface area contributed by atoms with E-state index < -0.39 is 0 Å². The third-order valence-electron chi connectivity index (χ3n) is 5.99. The van der Waals surface area contributed by atoms with Crippen molar-refractivity contribution in [2.75, 3.05) is 13.1 Å². The average molecular weight is 354 g/mol. The highest BCUT2D eigenvalue weighted by Crippen LogP contribution is 2.43. The maximum absolute atomic E-state index is 13.2. The molecule has 0 aliphatic carbocycles. The smallest absolute Gasteiger partial charge is 0.123 e. The molecule has 0 saturated carbocycles. The zero-order valence-electron chi connectivity index (χ0n) is 15.1. The normalized spacial score (nSPS) is 25.5. The Balaban J connectivity index is 1.28. The summed E-state index contributed by atoms with van der Waals surface area (Å²) in [4.78, 5) is 2.66. The van der Waals surface area contributed by atoms with Crippen LogP contribution >= 0.6 is 0 Å². The maximum atomic E-state index is 13.2. The molecule has 2 aromatic rings. The molecule has 2 bridgehead atoms. The Morgan fingerprint density at radius 3 is 2.54 bits per heavy atom. The number of nitrogens with one attached hydrogen (secondary N) is 1. The largest absolute Gasteiger partial charge is 0.508 e. The van der Waals surface area contributed by atoms with Gasteiger partial charge in [0.1, 0.15) is 11.6 Å². The van der Waals surface area contributed by atoms with Crippen LogP contribution in [0.5, 0.6) is 5.75 Å². The lowest BCUT2D eigenvalue weighted by Gasteiger charge is -2.39. The van der Waals surface area contributed by atoms with Gasteiger partial charge in [0.25, 0.3) is 0 Å². The predicted molar refractivity (Wildman–Crippen MR) is 102 cm³/mol. The predicted octanol–water partition coefficient (Wildman–Crippen LogP) is 4.03. The minimum atomic E-state index is -0.170. The van der Waals surface area contributed by atoms with Gasteiger partial charge in [0.15, 0.2) is 0 Å². The van der Waals surface area contributed by atoms with Gasteiger partial charge in [0.2, 0.25) is 0 Å². The van der Waals surface area contributed by atoms with E-state index in [1.165, 1.54) is 37.3 Å². The molecular formula is C22H27FN2O. The molecule has 2 aromatic carbocycles. The molecule has 26 heavy (non-hydrogen) atoms. The Bertz CT molecular complexity index is 736. The molecule has 2 N–H and O–H groups in total. The summed E-state index contributed by atoms with van der Waals surface area (Å²) in [6.07, 6.45) is 4.93.